The average molecular weight is 262 g/mol. The Morgan fingerprint density at radius 3 is 2.50 bits per heavy atom. The third kappa shape index (κ3) is 2.23. The minimum atomic E-state index is -3.66. The topological polar surface area (TPSA) is 79.6 Å². The summed E-state index contributed by atoms with van der Waals surface area (Å²) in [6.07, 6.45) is 2.43. The minimum absolute atomic E-state index is 0.00833. The van der Waals surface area contributed by atoms with Crippen LogP contribution in [0, 0.1) is 0 Å². The molecule has 6 heteroatoms. The summed E-state index contributed by atoms with van der Waals surface area (Å²) in [5.41, 5.74) is 0.101. The van der Waals surface area contributed by atoms with Crippen LogP contribution in [0.25, 0.3) is 0 Å². The Labute approximate surface area is 104 Å². The van der Waals surface area contributed by atoms with Crippen LogP contribution in [0.15, 0.2) is 63.6 Å². The van der Waals surface area contributed by atoms with Crippen LogP contribution in [0.1, 0.15) is 5.69 Å². The summed E-state index contributed by atoms with van der Waals surface area (Å²) >= 11 is 0. The van der Waals surface area contributed by atoms with Gasteiger partial charge in [-0.15, -0.1) is 0 Å². The first-order chi connectivity index (χ1) is 8.66. The number of aromatic nitrogens is 1. The minimum Gasteiger partial charge on any atom is -0.411 e. The molecule has 5 nitrogen and oxygen atoms in total. The van der Waals surface area contributed by atoms with Gasteiger partial charge in [-0.2, -0.15) is 0 Å². The van der Waals surface area contributed by atoms with Crippen molar-refractivity contribution in [3.63, 3.8) is 0 Å². The lowest BCUT2D eigenvalue weighted by atomic mass is 10.4. The van der Waals surface area contributed by atoms with Gasteiger partial charge in [0.15, 0.2) is 0 Å². The van der Waals surface area contributed by atoms with Gasteiger partial charge in [0.25, 0.3) is 0 Å². The van der Waals surface area contributed by atoms with Crippen molar-refractivity contribution in [1.82, 2.24) is 4.98 Å². The van der Waals surface area contributed by atoms with E-state index in [9.17, 15) is 8.42 Å². The quantitative estimate of drug-likeness (QED) is 0.519. The molecule has 2 rings (SSSR count). The standard InChI is InChI=1S/C12H10N2O3S/c15-14-9-11-12(7-4-8-13-11)18(16,17)10-5-2-1-3-6-10/h1-9,15H. The molecule has 0 unspecified atom stereocenters. The smallest absolute Gasteiger partial charge is 0.208 e. The number of pyridine rings is 1. The van der Waals surface area contributed by atoms with Crippen LogP contribution >= 0.6 is 0 Å². The fourth-order valence-electron chi connectivity index (χ4n) is 1.51. The van der Waals surface area contributed by atoms with Crippen LogP contribution in [0.4, 0.5) is 0 Å². The maximum Gasteiger partial charge on any atom is 0.208 e. The fourth-order valence-corrected chi connectivity index (χ4v) is 2.92. The molecule has 2 aromatic rings. The Hall–Kier alpha value is -2.21. The van der Waals surface area contributed by atoms with Gasteiger partial charge >= 0.3 is 0 Å². The molecule has 0 aliphatic rings. The van der Waals surface area contributed by atoms with E-state index >= 15 is 0 Å². The highest BCUT2D eigenvalue weighted by atomic mass is 32.2. The Morgan fingerprint density at radius 2 is 1.83 bits per heavy atom. The lowest BCUT2D eigenvalue weighted by Gasteiger charge is -2.06. The highest BCUT2D eigenvalue weighted by Crippen LogP contribution is 2.21. The molecule has 0 aliphatic carbocycles. The molecule has 1 aromatic carbocycles. The Morgan fingerprint density at radius 1 is 1.11 bits per heavy atom. The third-order valence-electron chi connectivity index (χ3n) is 2.32. The predicted octanol–water partition coefficient (Wildman–Crippen LogP) is 1.72. The summed E-state index contributed by atoms with van der Waals surface area (Å²) < 4.78 is 24.7. The summed E-state index contributed by atoms with van der Waals surface area (Å²) in [5, 5.41) is 11.3. The molecular formula is C12H10N2O3S. The molecule has 1 N–H and O–H groups in total. The number of benzene rings is 1. The summed E-state index contributed by atoms with van der Waals surface area (Å²) in [5.74, 6) is 0. The van der Waals surface area contributed by atoms with Gasteiger partial charge in [-0.1, -0.05) is 23.4 Å². The Balaban J connectivity index is 2.62. The van der Waals surface area contributed by atoms with Crippen LogP contribution in [-0.2, 0) is 9.84 Å². The third-order valence-corrected chi connectivity index (χ3v) is 4.14. The molecule has 0 spiro atoms. The maximum atomic E-state index is 12.3. The number of nitrogens with zero attached hydrogens (tertiary/aromatic N) is 2. The first-order valence-electron chi connectivity index (χ1n) is 5.09. The zero-order chi connectivity index (χ0) is 13.0. The number of rotatable bonds is 3. The lowest BCUT2D eigenvalue weighted by Crippen LogP contribution is -2.06. The zero-order valence-corrected chi connectivity index (χ0v) is 10.1. The molecule has 18 heavy (non-hydrogen) atoms. The summed E-state index contributed by atoms with van der Waals surface area (Å²) in [6.45, 7) is 0. The van der Waals surface area contributed by atoms with Gasteiger partial charge < -0.3 is 5.21 Å². The second kappa shape index (κ2) is 4.97. The van der Waals surface area contributed by atoms with Crippen molar-refractivity contribution in [2.24, 2.45) is 5.16 Å². The van der Waals surface area contributed by atoms with E-state index in [2.05, 4.69) is 10.1 Å². The Kier molecular flexibility index (Phi) is 3.38. The van der Waals surface area contributed by atoms with Gasteiger partial charge in [0.05, 0.1) is 16.0 Å². The second-order valence-corrected chi connectivity index (χ2v) is 5.37. The van der Waals surface area contributed by atoms with Gasteiger partial charge in [0, 0.05) is 6.20 Å². The molecule has 1 heterocycles. The largest absolute Gasteiger partial charge is 0.411 e. The van der Waals surface area contributed by atoms with E-state index in [4.69, 9.17) is 5.21 Å². The van der Waals surface area contributed by atoms with Gasteiger partial charge in [0.1, 0.15) is 5.69 Å². The first-order valence-corrected chi connectivity index (χ1v) is 6.57. The van der Waals surface area contributed by atoms with Gasteiger partial charge in [0.2, 0.25) is 9.84 Å². The molecule has 0 saturated heterocycles. The molecule has 92 valence electrons. The van der Waals surface area contributed by atoms with Gasteiger partial charge in [-0.25, -0.2) is 8.42 Å². The Bertz CT molecular complexity index is 667. The van der Waals surface area contributed by atoms with Gasteiger partial charge in [-0.3, -0.25) is 4.98 Å². The van der Waals surface area contributed by atoms with E-state index < -0.39 is 9.84 Å². The van der Waals surface area contributed by atoms with Crippen LogP contribution in [0.2, 0.25) is 0 Å². The zero-order valence-electron chi connectivity index (χ0n) is 9.26. The highest BCUT2D eigenvalue weighted by molar-refractivity contribution is 7.91. The number of hydrogen-bond acceptors (Lipinski definition) is 5. The van der Waals surface area contributed by atoms with Crippen LogP contribution in [-0.4, -0.2) is 24.8 Å². The summed E-state index contributed by atoms with van der Waals surface area (Å²) in [4.78, 5) is 4.05. The van der Waals surface area contributed by atoms with Gasteiger partial charge in [-0.05, 0) is 24.3 Å². The van der Waals surface area contributed by atoms with Crippen LogP contribution in [0.3, 0.4) is 0 Å². The molecule has 0 fully saturated rings. The van der Waals surface area contributed by atoms with E-state index in [0.717, 1.165) is 6.21 Å². The molecule has 0 aliphatic heterocycles. The van der Waals surface area contributed by atoms with Crippen molar-refractivity contribution in [2.45, 2.75) is 9.79 Å². The molecule has 0 amide bonds. The summed E-state index contributed by atoms with van der Waals surface area (Å²) in [7, 11) is -3.66. The molecular weight excluding hydrogens is 252 g/mol. The monoisotopic (exact) mass is 262 g/mol. The number of sulfone groups is 1. The predicted molar refractivity (Wildman–Crippen MR) is 65.5 cm³/mol. The summed E-state index contributed by atoms with van der Waals surface area (Å²) in [6, 6.07) is 11.0. The SMILES string of the molecule is O=S(=O)(c1ccccc1)c1cccnc1C=NO. The molecule has 0 atom stereocenters. The van der Waals surface area contributed by atoms with E-state index in [1.165, 1.54) is 30.5 Å². The van der Waals surface area contributed by atoms with Crippen molar-refractivity contribution < 1.29 is 13.6 Å². The van der Waals surface area contributed by atoms with Crippen molar-refractivity contribution in [2.75, 3.05) is 0 Å². The number of hydrogen-bond donors (Lipinski definition) is 1. The fraction of sp³-hybridized carbons (Fsp3) is 0. The first kappa shape index (κ1) is 12.3. The van der Waals surface area contributed by atoms with E-state index in [1.54, 1.807) is 18.2 Å². The van der Waals surface area contributed by atoms with Crippen LogP contribution in [0.5, 0.6) is 0 Å². The van der Waals surface area contributed by atoms with Crippen molar-refractivity contribution >= 4 is 16.1 Å². The van der Waals surface area contributed by atoms with Crippen molar-refractivity contribution in [3.05, 3.63) is 54.4 Å². The molecule has 0 saturated carbocycles. The average Bonchev–Trinajstić information content (AvgIpc) is 2.41. The van der Waals surface area contributed by atoms with Crippen molar-refractivity contribution in [3.8, 4) is 0 Å². The molecule has 0 radical (unpaired) electrons. The highest BCUT2D eigenvalue weighted by Gasteiger charge is 2.20. The van der Waals surface area contributed by atoms with Crippen molar-refractivity contribution in [1.29, 1.82) is 0 Å². The van der Waals surface area contributed by atoms with E-state index in [-0.39, 0.29) is 15.5 Å². The normalized spacial score (nSPS) is 11.8. The molecule has 0 bridgehead atoms. The van der Waals surface area contributed by atoms with Crippen LogP contribution < -0.4 is 0 Å². The van der Waals surface area contributed by atoms with E-state index in [0.29, 0.717) is 0 Å². The number of oxime groups is 1. The lowest BCUT2D eigenvalue weighted by molar-refractivity contribution is 0.321. The second-order valence-electron chi connectivity index (χ2n) is 3.45. The van der Waals surface area contributed by atoms with E-state index in [1.807, 2.05) is 0 Å². The molecule has 1 aromatic heterocycles. The maximum absolute atomic E-state index is 12.3.